The molecule has 0 saturated carbocycles. The highest BCUT2D eigenvalue weighted by Gasteiger charge is 2.31. The number of benzene rings is 5. The summed E-state index contributed by atoms with van der Waals surface area (Å²) in [7, 11) is -4.16. The molecule has 0 unspecified atom stereocenters. The molecule has 8 heteroatoms. The molecule has 0 radical (unpaired) electrons. The van der Waals surface area contributed by atoms with Crippen LogP contribution < -0.4 is 14.0 Å². The van der Waals surface area contributed by atoms with E-state index in [4.69, 9.17) is 28.0 Å². The van der Waals surface area contributed by atoms with E-state index in [0.29, 0.717) is 33.8 Å². The Morgan fingerprint density at radius 2 is 1.29 bits per heavy atom. The number of phosphoric ester groups is 1. The summed E-state index contributed by atoms with van der Waals surface area (Å²) in [5.41, 5.74) is 3.82. The second-order valence-electron chi connectivity index (χ2n) is 9.81. The summed E-state index contributed by atoms with van der Waals surface area (Å²) in [6.45, 7) is 0.188. The zero-order valence-corrected chi connectivity index (χ0v) is 23.4. The van der Waals surface area contributed by atoms with Crippen molar-refractivity contribution in [3.05, 3.63) is 132 Å². The molecule has 7 rings (SSSR count). The standard InChI is InChI=1S/C34H26NO6P/c36-42(39-21-24-10-3-1-4-11-24,40-22-25-12-5-2-6-13-25)41-32-19-30(28-17-9-15-26-14-7-8-16-27(26)28)35-31-20-34-33(18-29(31)32)37-23-38-34/h1-20H,21-23H2. The van der Waals surface area contributed by atoms with E-state index in [1.165, 1.54) is 0 Å². The zero-order valence-electron chi connectivity index (χ0n) is 22.5. The third-order valence-electron chi connectivity index (χ3n) is 7.01. The predicted octanol–water partition coefficient (Wildman–Crippen LogP) is 8.70. The van der Waals surface area contributed by atoms with Crippen LogP contribution in [0.2, 0.25) is 0 Å². The Bertz CT molecular complexity index is 1880. The Morgan fingerprint density at radius 1 is 0.667 bits per heavy atom. The van der Waals surface area contributed by atoms with Crippen LogP contribution in [0.5, 0.6) is 17.2 Å². The number of pyridine rings is 1. The van der Waals surface area contributed by atoms with Crippen LogP contribution in [-0.2, 0) is 26.8 Å². The molecular weight excluding hydrogens is 549 g/mol. The maximum Gasteiger partial charge on any atom is 0.530 e. The van der Waals surface area contributed by atoms with Crippen molar-refractivity contribution in [2.45, 2.75) is 13.2 Å². The zero-order chi connectivity index (χ0) is 28.4. The van der Waals surface area contributed by atoms with Crippen molar-refractivity contribution in [2.75, 3.05) is 6.79 Å². The average molecular weight is 576 g/mol. The van der Waals surface area contributed by atoms with Gasteiger partial charge in [-0.3, -0.25) is 9.05 Å². The van der Waals surface area contributed by atoms with Crippen molar-refractivity contribution < 1.29 is 27.6 Å². The number of ether oxygens (including phenoxy) is 2. The van der Waals surface area contributed by atoms with E-state index >= 15 is 0 Å². The second kappa shape index (κ2) is 11.3. The number of hydrogen-bond acceptors (Lipinski definition) is 7. The van der Waals surface area contributed by atoms with Crippen LogP contribution in [0.1, 0.15) is 11.1 Å². The molecule has 0 saturated heterocycles. The highest BCUT2D eigenvalue weighted by molar-refractivity contribution is 7.48. The minimum atomic E-state index is -4.16. The smallest absolute Gasteiger partial charge is 0.454 e. The molecule has 6 aromatic rings. The first-order valence-electron chi connectivity index (χ1n) is 13.5. The first-order chi connectivity index (χ1) is 20.6. The molecule has 0 fully saturated rings. The van der Waals surface area contributed by atoms with E-state index in [9.17, 15) is 4.57 Å². The van der Waals surface area contributed by atoms with E-state index in [1.54, 1.807) is 18.2 Å². The number of rotatable bonds is 9. The van der Waals surface area contributed by atoms with Crippen LogP contribution in [0, 0.1) is 0 Å². The average Bonchev–Trinajstić information content (AvgIpc) is 3.50. The summed E-state index contributed by atoms with van der Waals surface area (Å²) in [6.07, 6.45) is 0. The van der Waals surface area contributed by atoms with Gasteiger partial charge in [-0.1, -0.05) is 103 Å². The van der Waals surface area contributed by atoms with Gasteiger partial charge in [0.05, 0.1) is 24.4 Å². The molecule has 0 atom stereocenters. The minimum Gasteiger partial charge on any atom is -0.454 e. The van der Waals surface area contributed by atoms with Crippen LogP contribution in [-0.4, -0.2) is 11.8 Å². The summed E-state index contributed by atoms with van der Waals surface area (Å²) in [5, 5.41) is 2.70. The Hall–Kier alpha value is -4.68. The Kier molecular flexibility index (Phi) is 7.06. The Morgan fingerprint density at radius 3 is 2.00 bits per heavy atom. The lowest BCUT2D eigenvalue weighted by Gasteiger charge is -2.20. The van der Waals surface area contributed by atoms with Gasteiger partial charge in [-0.15, -0.1) is 0 Å². The summed E-state index contributed by atoms with van der Waals surface area (Å²) in [4.78, 5) is 4.96. The highest BCUT2D eigenvalue weighted by atomic mass is 31.2. The summed E-state index contributed by atoms with van der Waals surface area (Å²) >= 11 is 0. The van der Waals surface area contributed by atoms with Crippen LogP contribution >= 0.6 is 7.82 Å². The molecule has 1 aliphatic heterocycles. The lowest BCUT2D eigenvalue weighted by atomic mass is 10.0. The van der Waals surface area contributed by atoms with Gasteiger partial charge in [0.25, 0.3) is 0 Å². The molecule has 0 bridgehead atoms. The number of hydrogen-bond donors (Lipinski definition) is 0. The van der Waals surface area contributed by atoms with Crippen molar-refractivity contribution in [3.63, 3.8) is 0 Å². The van der Waals surface area contributed by atoms with Crippen LogP contribution in [0.25, 0.3) is 32.9 Å². The minimum absolute atomic E-state index is 0.0401. The van der Waals surface area contributed by atoms with E-state index in [-0.39, 0.29) is 20.0 Å². The van der Waals surface area contributed by atoms with Crippen LogP contribution in [0.15, 0.2) is 121 Å². The van der Waals surface area contributed by atoms with E-state index < -0.39 is 7.82 Å². The first-order valence-corrected chi connectivity index (χ1v) is 15.0. The first kappa shape index (κ1) is 26.2. The lowest BCUT2D eigenvalue weighted by Crippen LogP contribution is -2.04. The predicted molar refractivity (Wildman–Crippen MR) is 162 cm³/mol. The lowest BCUT2D eigenvalue weighted by molar-refractivity contribution is 0.143. The van der Waals surface area contributed by atoms with Crippen molar-refractivity contribution in [1.29, 1.82) is 0 Å². The van der Waals surface area contributed by atoms with Crippen LogP contribution in [0.3, 0.4) is 0 Å². The monoisotopic (exact) mass is 575 g/mol. The molecule has 0 amide bonds. The molecule has 2 heterocycles. The molecule has 42 heavy (non-hydrogen) atoms. The Labute approximate surface area is 242 Å². The third kappa shape index (κ3) is 5.46. The fourth-order valence-electron chi connectivity index (χ4n) is 4.91. The van der Waals surface area contributed by atoms with E-state index in [2.05, 4.69) is 12.1 Å². The molecule has 0 N–H and O–H groups in total. The fraction of sp³-hybridized carbons (Fsp3) is 0.0882. The molecule has 0 spiro atoms. The second-order valence-corrected chi connectivity index (χ2v) is 11.4. The number of aromatic nitrogens is 1. The third-order valence-corrected chi connectivity index (χ3v) is 8.32. The van der Waals surface area contributed by atoms with Gasteiger partial charge in [-0.25, -0.2) is 9.55 Å². The summed E-state index contributed by atoms with van der Waals surface area (Å²) < 4.78 is 43.7. The summed E-state index contributed by atoms with van der Waals surface area (Å²) in [6, 6.07) is 38.5. The maximum absolute atomic E-state index is 14.3. The largest absolute Gasteiger partial charge is 0.530 e. The molecule has 0 aliphatic carbocycles. The van der Waals surface area contributed by atoms with Gasteiger partial charge in [0.2, 0.25) is 6.79 Å². The normalized spacial score (nSPS) is 12.6. The topological polar surface area (TPSA) is 76.1 Å². The van der Waals surface area contributed by atoms with Crippen LogP contribution in [0.4, 0.5) is 0 Å². The molecule has 1 aromatic heterocycles. The Balaban J connectivity index is 1.33. The van der Waals surface area contributed by atoms with Gasteiger partial charge in [0, 0.05) is 23.1 Å². The number of nitrogens with zero attached hydrogens (tertiary/aromatic N) is 1. The fourth-order valence-corrected chi connectivity index (χ4v) is 6.10. The molecular formula is C34H26NO6P. The van der Waals surface area contributed by atoms with Crippen molar-refractivity contribution in [1.82, 2.24) is 4.98 Å². The van der Waals surface area contributed by atoms with Crippen molar-refractivity contribution in [3.8, 4) is 28.5 Å². The van der Waals surface area contributed by atoms with E-state index in [0.717, 1.165) is 27.5 Å². The van der Waals surface area contributed by atoms with Gasteiger partial charge >= 0.3 is 7.82 Å². The summed E-state index contributed by atoms with van der Waals surface area (Å²) in [5.74, 6) is 1.43. The van der Waals surface area contributed by atoms with E-state index in [1.807, 2.05) is 91.0 Å². The van der Waals surface area contributed by atoms with Gasteiger partial charge in [0.1, 0.15) is 5.75 Å². The maximum atomic E-state index is 14.3. The van der Waals surface area contributed by atoms with Gasteiger partial charge in [-0.2, -0.15) is 0 Å². The SMILES string of the molecule is O=P(OCc1ccccc1)(OCc1ccccc1)Oc1cc(-c2cccc3ccccc23)nc2cc3c(cc12)OCO3. The van der Waals surface area contributed by atoms with Crippen molar-refractivity contribution in [2.24, 2.45) is 0 Å². The quantitative estimate of drug-likeness (QED) is 0.160. The molecule has 7 nitrogen and oxygen atoms in total. The number of fused-ring (bicyclic) bond motifs is 3. The molecule has 1 aliphatic rings. The van der Waals surface area contributed by atoms with Crippen molar-refractivity contribution >= 4 is 29.5 Å². The molecule has 5 aromatic carbocycles. The van der Waals surface area contributed by atoms with Gasteiger partial charge < -0.3 is 14.0 Å². The van der Waals surface area contributed by atoms with Gasteiger partial charge in [0.15, 0.2) is 11.5 Å². The molecule has 208 valence electrons. The highest BCUT2D eigenvalue weighted by Crippen LogP contribution is 2.53. The number of phosphoric acid groups is 1. The van der Waals surface area contributed by atoms with Gasteiger partial charge in [-0.05, 0) is 28.0 Å².